The van der Waals surface area contributed by atoms with E-state index < -0.39 is 11.9 Å². The molecule has 0 radical (unpaired) electrons. The number of carbonyl (C=O) groups is 2. The van der Waals surface area contributed by atoms with Crippen LogP contribution >= 0.6 is 11.3 Å². The molecule has 0 fully saturated rings. The second-order valence-electron chi connectivity index (χ2n) is 2.14. The number of hydrogen-bond donors (Lipinski definition) is 2. The van der Waals surface area contributed by atoms with Gasteiger partial charge in [-0.3, -0.25) is 4.79 Å². The minimum absolute atomic E-state index is 0.440. The van der Waals surface area contributed by atoms with E-state index in [0.717, 1.165) is 12.2 Å². The largest absolute Gasteiger partial charge is 0.478 e. The molecule has 0 bridgehead atoms. The average molecular weight is 197 g/mol. The third-order valence-corrected chi connectivity index (χ3v) is 1.93. The van der Waals surface area contributed by atoms with Gasteiger partial charge < -0.3 is 10.4 Å². The van der Waals surface area contributed by atoms with Crippen LogP contribution in [0.15, 0.2) is 29.7 Å². The van der Waals surface area contributed by atoms with Crippen molar-refractivity contribution in [1.82, 2.24) is 0 Å². The Kier molecular flexibility index (Phi) is 3.22. The van der Waals surface area contributed by atoms with Gasteiger partial charge in [-0.15, -0.1) is 11.3 Å². The highest BCUT2D eigenvalue weighted by Gasteiger charge is 1.98. The molecule has 0 atom stereocenters. The van der Waals surface area contributed by atoms with Gasteiger partial charge >= 0.3 is 5.97 Å². The van der Waals surface area contributed by atoms with Crippen LogP contribution in [-0.4, -0.2) is 17.0 Å². The molecule has 0 spiro atoms. The van der Waals surface area contributed by atoms with Crippen LogP contribution in [0, 0.1) is 0 Å². The van der Waals surface area contributed by atoms with Crippen LogP contribution < -0.4 is 5.32 Å². The van der Waals surface area contributed by atoms with Gasteiger partial charge in [-0.25, -0.2) is 4.79 Å². The van der Waals surface area contributed by atoms with Crippen molar-refractivity contribution < 1.29 is 14.7 Å². The Labute approximate surface area is 78.5 Å². The molecule has 0 aliphatic heterocycles. The van der Waals surface area contributed by atoms with E-state index in [1.807, 2.05) is 5.38 Å². The molecule has 0 saturated carbocycles. The number of carbonyl (C=O) groups excluding carboxylic acids is 1. The van der Waals surface area contributed by atoms with E-state index in [0.29, 0.717) is 5.00 Å². The molecule has 0 aliphatic rings. The number of carboxylic acid groups (broad SMARTS) is 1. The fourth-order valence-electron chi connectivity index (χ4n) is 0.660. The van der Waals surface area contributed by atoms with Gasteiger partial charge in [0.15, 0.2) is 0 Å². The number of anilines is 1. The fraction of sp³-hybridized carbons (Fsp3) is 0. The Hall–Kier alpha value is -1.62. The van der Waals surface area contributed by atoms with Gasteiger partial charge in [-0.05, 0) is 17.5 Å². The molecule has 1 aromatic rings. The highest BCUT2D eigenvalue weighted by molar-refractivity contribution is 7.14. The first-order valence-electron chi connectivity index (χ1n) is 3.44. The van der Waals surface area contributed by atoms with E-state index in [1.54, 1.807) is 12.1 Å². The fourth-order valence-corrected chi connectivity index (χ4v) is 1.28. The topological polar surface area (TPSA) is 66.4 Å². The first kappa shape index (κ1) is 9.47. The first-order valence-corrected chi connectivity index (χ1v) is 4.32. The van der Waals surface area contributed by atoms with Crippen LogP contribution in [0.3, 0.4) is 0 Å². The van der Waals surface area contributed by atoms with Gasteiger partial charge in [0, 0.05) is 12.2 Å². The molecule has 68 valence electrons. The van der Waals surface area contributed by atoms with Crippen LogP contribution in [0.2, 0.25) is 0 Å². The monoisotopic (exact) mass is 197 g/mol. The summed E-state index contributed by atoms with van der Waals surface area (Å²) in [5.41, 5.74) is 0. The minimum Gasteiger partial charge on any atom is -0.478 e. The van der Waals surface area contributed by atoms with Crippen molar-refractivity contribution in [3.05, 3.63) is 29.7 Å². The van der Waals surface area contributed by atoms with Gasteiger partial charge in [-0.1, -0.05) is 0 Å². The quantitative estimate of drug-likeness (QED) is 0.718. The summed E-state index contributed by atoms with van der Waals surface area (Å²) in [6.07, 6.45) is 1.77. The van der Waals surface area contributed by atoms with Crippen LogP contribution in [0.5, 0.6) is 0 Å². The van der Waals surface area contributed by atoms with E-state index in [9.17, 15) is 9.59 Å². The van der Waals surface area contributed by atoms with Gasteiger partial charge in [0.2, 0.25) is 5.91 Å². The van der Waals surface area contributed by atoms with Gasteiger partial charge in [-0.2, -0.15) is 0 Å². The van der Waals surface area contributed by atoms with Gasteiger partial charge in [0.1, 0.15) is 0 Å². The maximum Gasteiger partial charge on any atom is 0.328 e. The summed E-state index contributed by atoms with van der Waals surface area (Å²) in [4.78, 5) is 21.0. The summed E-state index contributed by atoms with van der Waals surface area (Å²) in [6, 6.07) is 3.53. The maximum atomic E-state index is 11.0. The van der Waals surface area contributed by atoms with Gasteiger partial charge in [0.05, 0.1) is 5.00 Å². The zero-order valence-corrected chi connectivity index (χ0v) is 7.38. The average Bonchev–Trinajstić information content (AvgIpc) is 2.53. The summed E-state index contributed by atoms with van der Waals surface area (Å²) < 4.78 is 0. The van der Waals surface area contributed by atoms with E-state index in [-0.39, 0.29) is 0 Å². The molecule has 1 amide bonds. The van der Waals surface area contributed by atoms with Crippen molar-refractivity contribution >= 4 is 28.2 Å². The molecular weight excluding hydrogens is 190 g/mol. The molecule has 1 aromatic heterocycles. The Morgan fingerprint density at radius 2 is 2.23 bits per heavy atom. The molecule has 4 nitrogen and oxygen atoms in total. The lowest BCUT2D eigenvalue weighted by molar-refractivity contribution is -0.131. The molecule has 5 heteroatoms. The molecule has 0 saturated heterocycles. The van der Waals surface area contributed by atoms with E-state index in [1.165, 1.54) is 11.3 Å². The van der Waals surface area contributed by atoms with Crippen molar-refractivity contribution in [3.8, 4) is 0 Å². The first-order chi connectivity index (χ1) is 6.18. The van der Waals surface area contributed by atoms with Crippen molar-refractivity contribution in [2.75, 3.05) is 5.32 Å². The van der Waals surface area contributed by atoms with Crippen LogP contribution in [-0.2, 0) is 9.59 Å². The van der Waals surface area contributed by atoms with E-state index >= 15 is 0 Å². The summed E-state index contributed by atoms with van der Waals surface area (Å²) in [5, 5.41) is 13.2. The van der Waals surface area contributed by atoms with E-state index in [4.69, 9.17) is 5.11 Å². The SMILES string of the molecule is O=C(O)/C=C/C(=O)Nc1cccs1. The number of carboxylic acids is 1. The predicted molar refractivity (Wildman–Crippen MR) is 49.7 cm³/mol. The smallest absolute Gasteiger partial charge is 0.328 e. The summed E-state index contributed by atoms with van der Waals surface area (Å²) in [5.74, 6) is -1.58. The maximum absolute atomic E-state index is 11.0. The number of aliphatic carboxylic acids is 1. The molecular formula is C8H7NO3S. The Bertz CT molecular complexity index is 329. The Morgan fingerprint density at radius 3 is 2.77 bits per heavy atom. The molecule has 0 unspecified atom stereocenters. The van der Waals surface area contributed by atoms with Crippen LogP contribution in [0.1, 0.15) is 0 Å². The number of nitrogens with one attached hydrogen (secondary N) is 1. The highest BCUT2D eigenvalue weighted by Crippen LogP contribution is 2.14. The lowest BCUT2D eigenvalue weighted by Gasteiger charge is -1.94. The second-order valence-corrected chi connectivity index (χ2v) is 3.09. The molecule has 0 aliphatic carbocycles. The molecule has 0 aromatic carbocycles. The highest BCUT2D eigenvalue weighted by atomic mass is 32.1. The van der Waals surface area contributed by atoms with Gasteiger partial charge in [0.25, 0.3) is 0 Å². The van der Waals surface area contributed by atoms with Crippen LogP contribution in [0.4, 0.5) is 5.00 Å². The van der Waals surface area contributed by atoms with Crippen molar-refractivity contribution in [3.63, 3.8) is 0 Å². The minimum atomic E-state index is -1.14. The standard InChI is InChI=1S/C8H7NO3S/c10-6(3-4-8(11)12)9-7-2-1-5-13-7/h1-5H,(H,9,10)(H,11,12)/b4-3+. The molecule has 1 heterocycles. The zero-order chi connectivity index (χ0) is 9.68. The molecule has 13 heavy (non-hydrogen) atoms. The lowest BCUT2D eigenvalue weighted by Crippen LogP contribution is -2.07. The number of rotatable bonds is 3. The Balaban J connectivity index is 2.47. The predicted octanol–water partition coefficient (Wildman–Crippen LogP) is 1.33. The summed E-state index contributed by atoms with van der Waals surface area (Å²) in [7, 11) is 0. The lowest BCUT2D eigenvalue weighted by atomic mass is 10.4. The normalized spacial score (nSPS) is 10.2. The van der Waals surface area contributed by atoms with Crippen LogP contribution in [0.25, 0.3) is 0 Å². The third-order valence-electron chi connectivity index (χ3n) is 1.14. The van der Waals surface area contributed by atoms with Crippen molar-refractivity contribution in [2.24, 2.45) is 0 Å². The third kappa shape index (κ3) is 3.53. The number of hydrogen-bond acceptors (Lipinski definition) is 3. The van der Waals surface area contributed by atoms with Crippen molar-refractivity contribution in [1.29, 1.82) is 0 Å². The van der Waals surface area contributed by atoms with E-state index in [2.05, 4.69) is 5.32 Å². The Morgan fingerprint density at radius 1 is 1.46 bits per heavy atom. The summed E-state index contributed by atoms with van der Waals surface area (Å²) >= 11 is 1.37. The molecule has 2 N–H and O–H groups in total. The zero-order valence-electron chi connectivity index (χ0n) is 6.56. The number of amides is 1. The second kappa shape index (κ2) is 4.42. The molecule has 1 rings (SSSR count). The number of thiophene rings is 1. The summed E-state index contributed by atoms with van der Waals surface area (Å²) in [6.45, 7) is 0. The van der Waals surface area contributed by atoms with Crippen molar-refractivity contribution in [2.45, 2.75) is 0 Å².